The molecule has 1 atom stereocenters. The molecule has 126 valence electrons. The van der Waals surface area contributed by atoms with Crippen LogP contribution in [0.4, 0.5) is 11.5 Å². The van der Waals surface area contributed by atoms with Crippen LogP contribution in [-0.4, -0.2) is 14.7 Å². The monoisotopic (exact) mass is 336 g/mol. The van der Waals surface area contributed by atoms with Crippen molar-refractivity contribution in [2.45, 2.75) is 13.0 Å². The number of hydrogen-bond acceptors (Lipinski definition) is 6. The second-order valence-electron chi connectivity index (χ2n) is 5.61. The lowest BCUT2D eigenvalue weighted by Gasteiger charge is -2.16. The Morgan fingerprint density at radius 3 is 2.64 bits per heavy atom. The van der Waals surface area contributed by atoms with Crippen LogP contribution in [0.15, 0.2) is 64.8 Å². The maximum Gasteiger partial charge on any atom is 0.211 e. The summed E-state index contributed by atoms with van der Waals surface area (Å²) in [5.74, 6) is 0.429. The van der Waals surface area contributed by atoms with Crippen LogP contribution >= 0.6 is 0 Å². The molecule has 2 aromatic heterocycles. The van der Waals surface area contributed by atoms with Crippen LogP contribution < -0.4 is 11.2 Å². The Bertz CT molecular complexity index is 978. The van der Waals surface area contributed by atoms with Gasteiger partial charge in [0.15, 0.2) is 5.69 Å². The zero-order valence-electron chi connectivity index (χ0n) is 13.5. The lowest BCUT2D eigenvalue weighted by Crippen LogP contribution is -2.13. The van der Waals surface area contributed by atoms with Gasteiger partial charge in [0.05, 0.1) is 11.8 Å². The van der Waals surface area contributed by atoms with Crippen molar-refractivity contribution in [3.63, 3.8) is 0 Å². The van der Waals surface area contributed by atoms with Crippen LogP contribution in [-0.2, 0) is 0 Å². The highest BCUT2D eigenvalue weighted by Crippen LogP contribution is 2.25. The standard InChI is InChI=1S/C18H16N4O3/c1-11(23)16-8-17(24)15(21-25)10-22(16)14-4-2-3-12(7-14)13-5-6-18(19)20-9-13/h2-11,23H,1H3,(H2,19,20). The summed E-state index contributed by atoms with van der Waals surface area (Å²) in [6.07, 6.45) is 2.10. The normalized spacial score (nSPS) is 11.9. The van der Waals surface area contributed by atoms with E-state index in [9.17, 15) is 14.8 Å². The van der Waals surface area contributed by atoms with Crippen LogP contribution in [0, 0.1) is 4.91 Å². The first kappa shape index (κ1) is 16.5. The number of nitrogen functional groups attached to an aromatic ring is 1. The van der Waals surface area contributed by atoms with Crippen LogP contribution in [0.3, 0.4) is 0 Å². The van der Waals surface area contributed by atoms with Crippen LogP contribution in [0.2, 0.25) is 0 Å². The third-order valence-corrected chi connectivity index (χ3v) is 3.83. The molecule has 0 amide bonds. The van der Waals surface area contributed by atoms with Crippen molar-refractivity contribution in [1.29, 1.82) is 0 Å². The molecule has 2 heterocycles. The highest BCUT2D eigenvalue weighted by Gasteiger charge is 2.13. The maximum atomic E-state index is 11.8. The molecule has 0 saturated heterocycles. The van der Waals surface area contributed by atoms with Gasteiger partial charge in [0.1, 0.15) is 5.82 Å². The van der Waals surface area contributed by atoms with Crippen molar-refractivity contribution < 1.29 is 5.11 Å². The molecule has 0 saturated carbocycles. The van der Waals surface area contributed by atoms with Crippen molar-refractivity contribution in [2.24, 2.45) is 5.18 Å². The molecule has 25 heavy (non-hydrogen) atoms. The summed E-state index contributed by atoms with van der Waals surface area (Å²) < 4.78 is 1.58. The third-order valence-electron chi connectivity index (χ3n) is 3.83. The summed E-state index contributed by atoms with van der Waals surface area (Å²) in [4.78, 5) is 26.8. The lowest BCUT2D eigenvalue weighted by atomic mass is 10.1. The Labute approximate surface area is 143 Å². The van der Waals surface area contributed by atoms with Gasteiger partial charge in [-0.1, -0.05) is 12.1 Å². The van der Waals surface area contributed by atoms with Gasteiger partial charge in [-0.3, -0.25) is 4.79 Å². The summed E-state index contributed by atoms with van der Waals surface area (Å²) >= 11 is 0. The van der Waals surface area contributed by atoms with Gasteiger partial charge in [-0.15, -0.1) is 4.91 Å². The van der Waals surface area contributed by atoms with E-state index in [2.05, 4.69) is 10.2 Å². The van der Waals surface area contributed by atoms with E-state index in [1.807, 2.05) is 24.3 Å². The van der Waals surface area contributed by atoms with Gasteiger partial charge in [0.2, 0.25) is 5.43 Å². The summed E-state index contributed by atoms with van der Waals surface area (Å²) in [5.41, 5.74) is 7.65. The zero-order valence-corrected chi connectivity index (χ0v) is 13.5. The van der Waals surface area contributed by atoms with Gasteiger partial charge in [-0.2, -0.15) is 0 Å². The van der Waals surface area contributed by atoms with Crippen molar-refractivity contribution in [3.05, 3.63) is 75.7 Å². The second-order valence-corrected chi connectivity index (χ2v) is 5.61. The number of rotatable bonds is 4. The highest BCUT2D eigenvalue weighted by molar-refractivity contribution is 5.66. The minimum atomic E-state index is -0.893. The second kappa shape index (κ2) is 6.66. The van der Waals surface area contributed by atoms with E-state index in [0.717, 1.165) is 11.1 Å². The van der Waals surface area contributed by atoms with E-state index in [-0.39, 0.29) is 5.69 Å². The molecule has 0 spiro atoms. The lowest BCUT2D eigenvalue weighted by molar-refractivity contribution is 0.191. The van der Waals surface area contributed by atoms with E-state index >= 15 is 0 Å². The van der Waals surface area contributed by atoms with Gasteiger partial charge < -0.3 is 15.4 Å². The Kier molecular flexibility index (Phi) is 4.40. The molecule has 0 aliphatic rings. The number of nitrogens with zero attached hydrogens (tertiary/aromatic N) is 3. The summed E-state index contributed by atoms with van der Waals surface area (Å²) in [6, 6.07) is 12.2. The van der Waals surface area contributed by atoms with Gasteiger partial charge >= 0.3 is 0 Å². The predicted molar refractivity (Wildman–Crippen MR) is 95.8 cm³/mol. The van der Waals surface area contributed by atoms with Gasteiger partial charge in [0.25, 0.3) is 0 Å². The number of nitrogens with two attached hydrogens (primary N) is 1. The van der Waals surface area contributed by atoms with E-state index < -0.39 is 11.5 Å². The number of anilines is 1. The Morgan fingerprint density at radius 2 is 2.00 bits per heavy atom. The predicted octanol–water partition coefficient (Wildman–Crippen LogP) is 2.93. The quantitative estimate of drug-likeness (QED) is 0.712. The highest BCUT2D eigenvalue weighted by atomic mass is 16.3. The van der Waals surface area contributed by atoms with Crippen molar-refractivity contribution in [1.82, 2.24) is 9.55 Å². The summed E-state index contributed by atoms with van der Waals surface area (Å²) in [7, 11) is 0. The molecule has 0 bridgehead atoms. The van der Waals surface area contributed by atoms with Gasteiger partial charge in [0, 0.05) is 29.7 Å². The topological polar surface area (TPSA) is 111 Å². The van der Waals surface area contributed by atoms with Crippen molar-refractivity contribution >= 4 is 11.5 Å². The number of benzene rings is 1. The number of aromatic nitrogens is 2. The molecule has 0 aliphatic heterocycles. The Morgan fingerprint density at radius 1 is 1.20 bits per heavy atom. The Hall–Kier alpha value is -3.32. The number of hydrogen-bond donors (Lipinski definition) is 2. The van der Waals surface area contributed by atoms with E-state index in [0.29, 0.717) is 17.2 Å². The first-order valence-corrected chi connectivity index (χ1v) is 7.60. The average molecular weight is 336 g/mol. The maximum absolute atomic E-state index is 11.8. The number of aliphatic hydroxyl groups is 1. The smallest absolute Gasteiger partial charge is 0.211 e. The molecular weight excluding hydrogens is 320 g/mol. The van der Waals surface area contributed by atoms with Gasteiger partial charge in [-0.25, -0.2) is 4.98 Å². The molecule has 0 fully saturated rings. The fourth-order valence-corrected chi connectivity index (χ4v) is 2.56. The first-order chi connectivity index (χ1) is 12.0. The summed E-state index contributed by atoms with van der Waals surface area (Å²) in [6.45, 7) is 1.55. The number of pyridine rings is 2. The first-order valence-electron chi connectivity index (χ1n) is 7.60. The molecule has 7 nitrogen and oxygen atoms in total. The van der Waals surface area contributed by atoms with Crippen LogP contribution in [0.25, 0.3) is 16.8 Å². The molecule has 3 aromatic rings. The van der Waals surface area contributed by atoms with E-state index in [1.165, 1.54) is 12.3 Å². The fraction of sp³-hybridized carbons (Fsp3) is 0.111. The largest absolute Gasteiger partial charge is 0.387 e. The number of nitroso groups, excluding NO2 is 1. The van der Waals surface area contributed by atoms with E-state index in [4.69, 9.17) is 5.73 Å². The van der Waals surface area contributed by atoms with Gasteiger partial charge in [-0.05, 0) is 41.9 Å². The molecule has 0 radical (unpaired) electrons. The van der Waals surface area contributed by atoms with Crippen molar-refractivity contribution in [3.8, 4) is 16.8 Å². The molecule has 1 aromatic carbocycles. The summed E-state index contributed by atoms with van der Waals surface area (Å²) in [5, 5.41) is 12.7. The average Bonchev–Trinajstić information content (AvgIpc) is 2.62. The SMILES string of the molecule is CC(O)c1cc(=O)c(N=O)cn1-c1cccc(-c2ccc(N)nc2)c1. The van der Waals surface area contributed by atoms with Crippen LogP contribution in [0.5, 0.6) is 0 Å². The third kappa shape index (κ3) is 3.31. The minimum Gasteiger partial charge on any atom is -0.387 e. The van der Waals surface area contributed by atoms with E-state index in [1.54, 1.807) is 29.8 Å². The zero-order chi connectivity index (χ0) is 18.0. The molecule has 3 N–H and O–H groups in total. The molecular formula is C18H16N4O3. The molecule has 1 unspecified atom stereocenters. The minimum absolute atomic E-state index is 0.219. The number of aliphatic hydroxyl groups excluding tert-OH is 1. The Balaban J connectivity index is 2.17. The molecule has 7 heteroatoms. The molecule has 3 rings (SSSR count). The fourth-order valence-electron chi connectivity index (χ4n) is 2.56. The van der Waals surface area contributed by atoms with Crippen LogP contribution in [0.1, 0.15) is 18.7 Å². The van der Waals surface area contributed by atoms with Crippen molar-refractivity contribution in [2.75, 3.05) is 5.73 Å². The molecule has 0 aliphatic carbocycles.